The Morgan fingerprint density at radius 1 is 1.03 bits per heavy atom. The molecule has 2 aromatic rings. The third-order valence-electron chi connectivity index (χ3n) is 5.86. The van der Waals surface area contributed by atoms with E-state index in [0.29, 0.717) is 5.56 Å². The van der Waals surface area contributed by atoms with E-state index in [1.165, 1.54) is 37.2 Å². The molecule has 2 aliphatic rings. The minimum Gasteiger partial charge on any atom is -0.378 e. The van der Waals surface area contributed by atoms with Crippen molar-refractivity contribution in [1.29, 1.82) is 0 Å². The number of benzene rings is 2. The largest absolute Gasteiger partial charge is 0.378 e. The Bertz CT molecular complexity index is 798. The van der Waals surface area contributed by atoms with Gasteiger partial charge in [-0.25, -0.2) is 0 Å². The summed E-state index contributed by atoms with van der Waals surface area (Å²) in [6, 6.07) is 16.1. The van der Waals surface area contributed by atoms with Gasteiger partial charge >= 0.3 is 0 Å². The Hall–Kier alpha value is -2.37. The lowest BCUT2D eigenvalue weighted by atomic mass is 9.99. The van der Waals surface area contributed by atoms with Crippen molar-refractivity contribution in [2.45, 2.75) is 26.3 Å². The standard InChI is InChI=1S/C24H31N3O2/c1-19-3-2-12-26(17-19)18-20-4-6-21(7-5-20)24(28)25-22-8-10-23(11-9-22)27-13-15-29-16-14-27/h4-11,19H,2-3,12-18H2,1H3,(H,25,28). The van der Waals surface area contributed by atoms with E-state index in [9.17, 15) is 4.79 Å². The van der Waals surface area contributed by atoms with Gasteiger partial charge in [-0.05, 0) is 67.3 Å². The number of hydrogen-bond acceptors (Lipinski definition) is 4. The van der Waals surface area contributed by atoms with Gasteiger partial charge in [-0.15, -0.1) is 0 Å². The highest BCUT2D eigenvalue weighted by Gasteiger charge is 2.16. The molecule has 0 bridgehead atoms. The molecule has 2 aromatic carbocycles. The number of nitrogens with zero attached hydrogens (tertiary/aromatic N) is 2. The maximum Gasteiger partial charge on any atom is 0.255 e. The van der Waals surface area contributed by atoms with Crippen LogP contribution in [0.3, 0.4) is 0 Å². The maximum atomic E-state index is 12.6. The van der Waals surface area contributed by atoms with Crippen molar-refractivity contribution in [3.8, 4) is 0 Å². The van der Waals surface area contributed by atoms with Crippen LogP contribution in [-0.2, 0) is 11.3 Å². The summed E-state index contributed by atoms with van der Waals surface area (Å²) in [4.78, 5) is 17.4. The smallest absolute Gasteiger partial charge is 0.255 e. The first-order chi connectivity index (χ1) is 14.2. The highest BCUT2D eigenvalue weighted by atomic mass is 16.5. The van der Waals surface area contributed by atoms with Gasteiger partial charge in [0.25, 0.3) is 5.91 Å². The van der Waals surface area contributed by atoms with Gasteiger partial charge in [-0.2, -0.15) is 0 Å². The van der Waals surface area contributed by atoms with Crippen molar-refractivity contribution in [3.05, 3.63) is 59.7 Å². The van der Waals surface area contributed by atoms with Crippen molar-refractivity contribution >= 4 is 17.3 Å². The number of carbonyl (C=O) groups is 1. The molecule has 1 N–H and O–H groups in total. The van der Waals surface area contributed by atoms with Crippen LogP contribution in [0.25, 0.3) is 0 Å². The lowest BCUT2D eigenvalue weighted by molar-refractivity contribution is 0.102. The molecule has 1 amide bonds. The Labute approximate surface area is 173 Å². The van der Waals surface area contributed by atoms with Gasteiger partial charge in [-0.3, -0.25) is 9.69 Å². The lowest BCUT2D eigenvalue weighted by Crippen LogP contribution is -2.36. The Morgan fingerprint density at radius 3 is 2.45 bits per heavy atom. The van der Waals surface area contributed by atoms with E-state index in [1.807, 2.05) is 24.3 Å². The van der Waals surface area contributed by atoms with Crippen molar-refractivity contribution < 1.29 is 9.53 Å². The van der Waals surface area contributed by atoms with E-state index < -0.39 is 0 Å². The second-order valence-corrected chi connectivity index (χ2v) is 8.28. The van der Waals surface area contributed by atoms with Crippen molar-refractivity contribution in [2.24, 2.45) is 5.92 Å². The van der Waals surface area contributed by atoms with Gasteiger partial charge in [0.1, 0.15) is 0 Å². The highest BCUT2D eigenvalue weighted by molar-refractivity contribution is 6.04. The van der Waals surface area contributed by atoms with Gasteiger partial charge in [0.05, 0.1) is 13.2 Å². The normalized spacial score (nSPS) is 20.4. The third-order valence-corrected chi connectivity index (χ3v) is 5.86. The average molecular weight is 394 g/mol. The van der Waals surface area contributed by atoms with Crippen LogP contribution in [0.15, 0.2) is 48.5 Å². The van der Waals surface area contributed by atoms with E-state index >= 15 is 0 Å². The zero-order valence-corrected chi connectivity index (χ0v) is 17.3. The second kappa shape index (κ2) is 9.42. The number of piperidine rings is 1. The van der Waals surface area contributed by atoms with Gasteiger partial charge in [0.15, 0.2) is 0 Å². The molecule has 5 heteroatoms. The Morgan fingerprint density at radius 2 is 1.76 bits per heavy atom. The van der Waals surface area contributed by atoms with Gasteiger partial charge in [0.2, 0.25) is 0 Å². The van der Waals surface area contributed by atoms with E-state index in [1.54, 1.807) is 0 Å². The summed E-state index contributed by atoms with van der Waals surface area (Å²) in [6.45, 7) is 9.00. The summed E-state index contributed by atoms with van der Waals surface area (Å²) in [5.74, 6) is 0.714. The Kier molecular flexibility index (Phi) is 6.47. The van der Waals surface area contributed by atoms with Crippen LogP contribution in [-0.4, -0.2) is 50.2 Å². The van der Waals surface area contributed by atoms with Crippen LogP contribution >= 0.6 is 0 Å². The molecule has 2 aliphatic heterocycles. The summed E-state index contributed by atoms with van der Waals surface area (Å²) < 4.78 is 5.40. The number of nitrogens with one attached hydrogen (secondary N) is 1. The molecule has 2 heterocycles. The topological polar surface area (TPSA) is 44.8 Å². The van der Waals surface area contributed by atoms with Crippen LogP contribution in [0.4, 0.5) is 11.4 Å². The molecule has 0 aliphatic carbocycles. The van der Waals surface area contributed by atoms with Gasteiger partial charge < -0.3 is 15.0 Å². The molecule has 2 saturated heterocycles. The first-order valence-electron chi connectivity index (χ1n) is 10.7. The number of rotatable bonds is 5. The van der Waals surface area contributed by atoms with E-state index in [-0.39, 0.29) is 5.91 Å². The number of anilines is 2. The average Bonchev–Trinajstić information content (AvgIpc) is 2.75. The molecular weight excluding hydrogens is 362 g/mol. The molecule has 4 rings (SSSR count). The number of amides is 1. The highest BCUT2D eigenvalue weighted by Crippen LogP contribution is 2.20. The van der Waals surface area contributed by atoms with Crippen molar-refractivity contribution in [2.75, 3.05) is 49.6 Å². The van der Waals surface area contributed by atoms with E-state index in [4.69, 9.17) is 4.74 Å². The molecule has 0 spiro atoms. The Balaban J connectivity index is 1.32. The molecule has 2 fully saturated rings. The molecule has 0 aromatic heterocycles. The zero-order chi connectivity index (χ0) is 20.1. The summed E-state index contributed by atoms with van der Waals surface area (Å²) >= 11 is 0. The van der Waals surface area contributed by atoms with Crippen LogP contribution < -0.4 is 10.2 Å². The predicted molar refractivity (Wildman–Crippen MR) is 118 cm³/mol. The van der Waals surface area contributed by atoms with Crippen LogP contribution in [0.5, 0.6) is 0 Å². The first-order valence-corrected chi connectivity index (χ1v) is 10.7. The SMILES string of the molecule is CC1CCCN(Cc2ccc(C(=O)Nc3ccc(N4CCOCC4)cc3)cc2)C1. The fourth-order valence-corrected chi connectivity index (χ4v) is 4.23. The predicted octanol–water partition coefficient (Wildman–Crippen LogP) is 4.01. The minimum absolute atomic E-state index is 0.0673. The minimum atomic E-state index is -0.0673. The summed E-state index contributed by atoms with van der Waals surface area (Å²) in [5, 5.41) is 3.00. The molecule has 5 nitrogen and oxygen atoms in total. The fraction of sp³-hybridized carbons (Fsp3) is 0.458. The van der Waals surface area contributed by atoms with E-state index in [2.05, 4.69) is 46.3 Å². The first kappa shape index (κ1) is 19.9. The van der Waals surface area contributed by atoms with Crippen LogP contribution in [0.2, 0.25) is 0 Å². The van der Waals surface area contributed by atoms with Crippen LogP contribution in [0.1, 0.15) is 35.7 Å². The molecule has 1 unspecified atom stereocenters. The molecule has 0 saturated carbocycles. The molecule has 29 heavy (non-hydrogen) atoms. The molecule has 0 radical (unpaired) electrons. The van der Waals surface area contributed by atoms with Crippen LogP contribution in [0, 0.1) is 5.92 Å². The molecule has 154 valence electrons. The van der Waals surface area contributed by atoms with E-state index in [0.717, 1.165) is 44.5 Å². The van der Waals surface area contributed by atoms with Gasteiger partial charge in [0, 0.05) is 43.1 Å². The number of likely N-dealkylation sites (tertiary alicyclic amines) is 1. The fourth-order valence-electron chi connectivity index (χ4n) is 4.23. The summed E-state index contributed by atoms with van der Waals surface area (Å²) in [5.41, 5.74) is 3.95. The maximum absolute atomic E-state index is 12.6. The van der Waals surface area contributed by atoms with Crippen molar-refractivity contribution in [3.63, 3.8) is 0 Å². The monoisotopic (exact) mass is 393 g/mol. The number of carbonyl (C=O) groups excluding carboxylic acids is 1. The van der Waals surface area contributed by atoms with Crippen molar-refractivity contribution in [1.82, 2.24) is 4.90 Å². The quantitative estimate of drug-likeness (QED) is 0.834. The molecular formula is C24H31N3O2. The molecule has 1 atom stereocenters. The second-order valence-electron chi connectivity index (χ2n) is 8.28. The summed E-state index contributed by atoms with van der Waals surface area (Å²) in [6.07, 6.45) is 2.62. The van der Waals surface area contributed by atoms with Gasteiger partial charge in [-0.1, -0.05) is 19.1 Å². The summed E-state index contributed by atoms with van der Waals surface area (Å²) in [7, 11) is 0. The third kappa shape index (κ3) is 5.37. The zero-order valence-electron chi connectivity index (χ0n) is 17.3. The number of ether oxygens (including phenoxy) is 1. The number of hydrogen-bond donors (Lipinski definition) is 1. The lowest BCUT2D eigenvalue weighted by Gasteiger charge is -2.30. The number of morpholine rings is 1.